The van der Waals surface area contributed by atoms with Gasteiger partial charge in [0.25, 0.3) is 0 Å². The van der Waals surface area contributed by atoms with Crippen LogP contribution >= 0.6 is 0 Å². The Kier molecular flexibility index (Phi) is 1.92. The fraction of sp³-hybridized carbons (Fsp3) is 0.455. The molecule has 0 aromatic carbocycles. The molecule has 1 heterocycles. The molecule has 1 saturated carbocycles. The van der Waals surface area contributed by atoms with E-state index < -0.39 is 0 Å². The molecule has 1 fully saturated rings. The van der Waals surface area contributed by atoms with Gasteiger partial charge in [0.2, 0.25) is 0 Å². The number of nitriles is 1. The molecule has 1 aliphatic rings. The molecule has 0 saturated heterocycles. The fourth-order valence-corrected chi connectivity index (χ4v) is 1.49. The Balaban J connectivity index is 2.15. The van der Waals surface area contributed by atoms with Crippen LogP contribution in [0.1, 0.15) is 25.8 Å². The first-order valence-electron chi connectivity index (χ1n) is 4.75. The van der Waals surface area contributed by atoms with Crippen molar-refractivity contribution in [1.29, 1.82) is 5.26 Å². The van der Waals surface area contributed by atoms with Crippen LogP contribution < -0.4 is 5.32 Å². The van der Waals surface area contributed by atoms with Crippen molar-refractivity contribution in [3.63, 3.8) is 0 Å². The van der Waals surface area contributed by atoms with Crippen LogP contribution in [-0.4, -0.2) is 11.0 Å². The molecule has 2 rings (SSSR count). The van der Waals surface area contributed by atoms with Crippen molar-refractivity contribution in [2.75, 3.05) is 5.32 Å². The van der Waals surface area contributed by atoms with Crippen molar-refractivity contribution >= 4 is 5.82 Å². The van der Waals surface area contributed by atoms with Crippen LogP contribution in [0.15, 0.2) is 18.3 Å². The number of nitrogens with one attached hydrogen (secondary N) is 1. The normalized spacial score (nSPS) is 22.5. The van der Waals surface area contributed by atoms with E-state index in [1.54, 1.807) is 18.3 Å². The summed E-state index contributed by atoms with van der Waals surface area (Å²) in [4.78, 5) is 4.16. The summed E-state index contributed by atoms with van der Waals surface area (Å²) in [5.74, 6) is 0.713. The maximum Gasteiger partial charge on any atom is 0.144 e. The van der Waals surface area contributed by atoms with Crippen LogP contribution in [0.2, 0.25) is 0 Å². The average Bonchev–Trinajstić information content (AvgIpc) is 2.75. The van der Waals surface area contributed by atoms with Gasteiger partial charge < -0.3 is 5.32 Å². The zero-order valence-electron chi connectivity index (χ0n) is 8.41. The Labute approximate surface area is 83.8 Å². The van der Waals surface area contributed by atoms with Gasteiger partial charge in [0, 0.05) is 12.2 Å². The number of hydrogen-bond donors (Lipinski definition) is 1. The van der Waals surface area contributed by atoms with Gasteiger partial charge in [-0.05, 0) is 24.0 Å². The third-order valence-electron chi connectivity index (χ3n) is 2.75. The van der Waals surface area contributed by atoms with Gasteiger partial charge in [-0.2, -0.15) is 5.26 Å². The van der Waals surface area contributed by atoms with Crippen LogP contribution in [0.25, 0.3) is 0 Å². The van der Waals surface area contributed by atoms with Crippen LogP contribution in [0.3, 0.4) is 0 Å². The first kappa shape index (κ1) is 9.01. The predicted octanol–water partition coefficient (Wildman–Crippen LogP) is 2.16. The Morgan fingerprint density at radius 1 is 1.64 bits per heavy atom. The summed E-state index contributed by atoms with van der Waals surface area (Å²) in [5.41, 5.74) is 0.972. The van der Waals surface area contributed by atoms with Gasteiger partial charge in [-0.3, -0.25) is 0 Å². The van der Waals surface area contributed by atoms with Crippen molar-refractivity contribution in [1.82, 2.24) is 4.98 Å². The first-order valence-corrected chi connectivity index (χ1v) is 4.75. The largest absolute Gasteiger partial charge is 0.366 e. The quantitative estimate of drug-likeness (QED) is 0.771. The van der Waals surface area contributed by atoms with E-state index >= 15 is 0 Å². The molecule has 0 aliphatic heterocycles. The van der Waals surface area contributed by atoms with Gasteiger partial charge in [0.15, 0.2) is 0 Å². The van der Waals surface area contributed by atoms with Crippen LogP contribution in [0, 0.1) is 16.7 Å². The minimum Gasteiger partial charge on any atom is -0.366 e. The number of anilines is 1. The summed E-state index contributed by atoms with van der Waals surface area (Å²) >= 11 is 0. The molecule has 0 bridgehead atoms. The number of hydrogen-bond acceptors (Lipinski definition) is 3. The molecule has 1 aromatic rings. The Morgan fingerprint density at radius 2 is 2.36 bits per heavy atom. The van der Waals surface area contributed by atoms with E-state index in [-0.39, 0.29) is 0 Å². The van der Waals surface area contributed by atoms with Gasteiger partial charge in [-0.15, -0.1) is 0 Å². The summed E-state index contributed by atoms with van der Waals surface area (Å²) in [7, 11) is 0. The lowest BCUT2D eigenvalue weighted by Crippen LogP contribution is -2.10. The monoisotopic (exact) mass is 187 g/mol. The lowest BCUT2D eigenvalue weighted by molar-refractivity contribution is 0.630. The summed E-state index contributed by atoms with van der Waals surface area (Å²) in [6, 6.07) is 6.16. The number of nitrogens with zero attached hydrogens (tertiary/aromatic N) is 2. The molecule has 0 radical (unpaired) electrons. The van der Waals surface area contributed by atoms with Gasteiger partial charge in [-0.1, -0.05) is 13.8 Å². The van der Waals surface area contributed by atoms with Gasteiger partial charge >= 0.3 is 0 Å². The van der Waals surface area contributed by atoms with Gasteiger partial charge in [0.05, 0.1) is 5.56 Å². The molecule has 1 unspecified atom stereocenters. The number of aromatic nitrogens is 1. The minimum absolute atomic E-state index is 0.351. The van der Waals surface area contributed by atoms with Crippen LogP contribution in [-0.2, 0) is 0 Å². The average molecular weight is 187 g/mol. The highest BCUT2D eigenvalue weighted by Gasteiger charge is 2.46. The highest BCUT2D eigenvalue weighted by molar-refractivity contribution is 5.52. The lowest BCUT2D eigenvalue weighted by atomic mass is 10.2. The summed E-state index contributed by atoms with van der Waals surface area (Å²) in [5, 5.41) is 12.1. The molecule has 1 atom stereocenters. The standard InChI is InChI=1S/C11H13N3/c1-11(2)6-9(11)14-10-8(7-12)4-3-5-13-10/h3-5,9H,6H2,1-2H3,(H,13,14). The maximum atomic E-state index is 8.85. The van der Waals surface area contributed by atoms with E-state index in [4.69, 9.17) is 5.26 Å². The topological polar surface area (TPSA) is 48.7 Å². The summed E-state index contributed by atoms with van der Waals surface area (Å²) in [6.07, 6.45) is 2.85. The lowest BCUT2D eigenvalue weighted by Gasteiger charge is -2.07. The molecule has 0 spiro atoms. The highest BCUT2D eigenvalue weighted by Crippen LogP contribution is 2.46. The van der Waals surface area contributed by atoms with Crippen molar-refractivity contribution in [2.24, 2.45) is 5.41 Å². The van der Waals surface area contributed by atoms with E-state index in [1.807, 2.05) is 0 Å². The maximum absolute atomic E-state index is 8.85. The van der Waals surface area contributed by atoms with Crippen LogP contribution in [0.5, 0.6) is 0 Å². The van der Waals surface area contributed by atoms with Gasteiger partial charge in [0.1, 0.15) is 11.9 Å². The Hall–Kier alpha value is -1.56. The van der Waals surface area contributed by atoms with Crippen molar-refractivity contribution < 1.29 is 0 Å². The van der Waals surface area contributed by atoms with Gasteiger partial charge in [-0.25, -0.2) is 4.98 Å². The third kappa shape index (κ3) is 1.56. The van der Waals surface area contributed by atoms with Crippen LogP contribution in [0.4, 0.5) is 5.82 Å². The second kappa shape index (κ2) is 2.98. The Bertz CT molecular complexity index is 390. The summed E-state index contributed by atoms with van der Waals surface area (Å²) < 4.78 is 0. The Morgan fingerprint density at radius 3 is 2.93 bits per heavy atom. The molecule has 1 aliphatic carbocycles. The molecule has 72 valence electrons. The highest BCUT2D eigenvalue weighted by atomic mass is 15.1. The van der Waals surface area contributed by atoms with E-state index in [9.17, 15) is 0 Å². The molecule has 1 N–H and O–H groups in total. The molecule has 0 amide bonds. The smallest absolute Gasteiger partial charge is 0.144 e. The summed E-state index contributed by atoms with van der Waals surface area (Å²) in [6.45, 7) is 4.42. The predicted molar refractivity (Wildman–Crippen MR) is 54.8 cm³/mol. The minimum atomic E-state index is 0.351. The third-order valence-corrected chi connectivity index (χ3v) is 2.75. The van der Waals surface area contributed by atoms with E-state index in [2.05, 4.69) is 30.2 Å². The molecule has 14 heavy (non-hydrogen) atoms. The van der Waals surface area contributed by atoms with E-state index in [0.717, 1.165) is 6.42 Å². The number of rotatable bonds is 2. The molecular formula is C11H13N3. The first-order chi connectivity index (χ1) is 6.63. The molecule has 3 nitrogen and oxygen atoms in total. The zero-order chi connectivity index (χ0) is 10.2. The molecule has 1 aromatic heterocycles. The molecular weight excluding hydrogens is 174 g/mol. The fourth-order valence-electron chi connectivity index (χ4n) is 1.49. The SMILES string of the molecule is CC1(C)CC1Nc1ncccc1C#N. The second-order valence-corrected chi connectivity index (χ2v) is 4.40. The zero-order valence-corrected chi connectivity index (χ0v) is 8.41. The van der Waals surface area contributed by atoms with Crippen molar-refractivity contribution in [3.8, 4) is 6.07 Å². The van der Waals surface area contributed by atoms with Crippen molar-refractivity contribution in [2.45, 2.75) is 26.3 Å². The second-order valence-electron chi connectivity index (χ2n) is 4.40. The molecule has 3 heteroatoms. The van der Waals surface area contributed by atoms with E-state index in [0.29, 0.717) is 22.8 Å². The van der Waals surface area contributed by atoms with E-state index in [1.165, 1.54) is 0 Å². The van der Waals surface area contributed by atoms with Crippen molar-refractivity contribution in [3.05, 3.63) is 23.9 Å². The number of pyridine rings is 1.